The summed E-state index contributed by atoms with van der Waals surface area (Å²) in [5.74, 6) is 0.934. The Balaban J connectivity index is 1.34. The van der Waals surface area contributed by atoms with E-state index in [4.69, 9.17) is 9.47 Å². The number of aromatic nitrogens is 1. The minimum atomic E-state index is -0.0514. The number of carbonyl (C=O) groups excluding carboxylic acids is 1. The highest BCUT2D eigenvalue weighted by molar-refractivity contribution is 5.97. The lowest BCUT2D eigenvalue weighted by Crippen LogP contribution is -2.50. The van der Waals surface area contributed by atoms with Crippen LogP contribution in [0.15, 0.2) is 42.6 Å². The Bertz CT molecular complexity index is 841. The molecule has 6 nitrogen and oxygen atoms in total. The average Bonchev–Trinajstić information content (AvgIpc) is 3.03. The first kappa shape index (κ1) is 18.9. The topological polar surface area (TPSA) is 54.9 Å². The number of hydrogen-bond acceptors (Lipinski definition) is 5. The Labute approximate surface area is 166 Å². The van der Waals surface area contributed by atoms with E-state index in [9.17, 15) is 4.79 Å². The molecule has 2 atom stereocenters. The zero-order valence-corrected chi connectivity index (χ0v) is 16.5. The van der Waals surface area contributed by atoms with Gasteiger partial charge in [0.05, 0.1) is 18.8 Å². The Morgan fingerprint density at radius 1 is 1.29 bits per heavy atom. The summed E-state index contributed by atoms with van der Waals surface area (Å²) in [5.41, 5.74) is 3.18. The van der Waals surface area contributed by atoms with Gasteiger partial charge in [-0.05, 0) is 44.0 Å². The van der Waals surface area contributed by atoms with Gasteiger partial charge in [0.2, 0.25) is 5.91 Å². The van der Waals surface area contributed by atoms with E-state index in [1.807, 2.05) is 42.2 Å². The predicted octanol–water partition coefficient (Wildman–Crippen LogP) is 2.45. The van der Waals surface area contributed by atoms with E-state index in [1.165, 1.54) is 5.56 Å². The van der Waals surface area contributed by atoms with Crippen molar-refractivity contribution >= 4 is 11.6 Å². The lowest BCUT2D eigenvalue weighted by molar-refractivity contribution is -0.122. The maximum atomic E-state index is 13.0. The highest BCUT2D eigenvalue weighted by Gasteiger charge is 2.32. The van der Waals surface area contributed by atoms with Crippen LogP contribution in [0.2, 0.25) is 0 Å². The maximum absolute atomic E-state index is 13.0. The molecule has 4 rings (SSSR count). The van der Waals surface area contributed by atoms with Gasteiger partial charge in [0.15, 0.2) is 0 Å². The van der Waals surface area contributed by atoms with Gasteiger partial charge < -0.3 is 14.4 Å². The molecule has 1 saturated heterocycles. The number of hydrogen-bond donors (Lipinski definition) is 0. The number of para-hydroxylation sites is 1. The highest BCUT2D eigenvalue weighted by atomic mass is 16.5. The van der Waals surface area contributed by atoms with Crippen molar-refractivity contribution in [3.63, 3.8) is 0 Å². The van der Waals surface area contributed by atoms with Crippen LogP contribution in [0.5, 0.6) is 5.75 Å². The van der Waals surface area contributed by atoms with Crippen molar-refractivity contribution in [3.8, 4) is 5.75 Å². The molecule has 1 amide bonds. The number of morpholine rings is 1. The lowest BCUT2D eigenvalue weighted by atomic mass is 10.1. The molecule has 3 heterocycles. The van der Waals surface area contributed by atoms with Gasteiger partial charge in [-0.2, -0.15) is 0 Å². The SMILES string of the molecule is Cc1ncccc1OC[C@H]1CN(CC(=O)N2c3ccccc3C[C@H]2C)CCO1. The first-order chi connectivity index (χ1) is 13.6. The van der Waals surface area contributed by atoms with Gasteiger partial charge in [0.1, 0.15) is 18.5 Å². The maximum Gasteiger partial charge on any atom is 0.241 e. The largest absolute Gasteiger partial charge is 0.489 e. The monoisotopic (exact) mass is 381 g/mol. The molecule has 1 fully saturated rings. The third-order valence-electron chi connectivity index (χ3n) is 5.44. The summed E-state index contributed by atoms with van der Waals surface area (Å²) in [6.07, 6.45) is 2.63. The summed E-state index contributed by atoms with van der Waals surface area (Å²) < 4.78 is 11.7. The molecule has 2 aliphatic heterocycles. The Kier molecular flexibility index (Phi) is 5.59. The fraction of sp³-hybridized carbons (Fsp3) is 0.455. The quantitative estimate of drug-likeness (QED) is 0.796. The van der Waals surface area contributed by atoms with Crippen LogP contribution in [0.25, 0.3) is 0 Å². The standard InChI is InChI=1S/C22H27N3O3/c1-16-12-18-6-3-4-7-20(18)25(16)22(26)14-24-10-11-27-19(13-24)15-28-21-8-5-9-23-17(21)2/h3-9,16,19H,10-15H2,1-2H3/t16-,19-/m1/s1. The Hall–Kier alpha value is -2.44. The van der Waals surface area contributed by atoms with Gasteiger partial charge in [-0.1, -0.05) is 18.2 Å². The summed E-state index contributed by atoms with van der Waals surface area (Å²) in [4.78, 5) is 21.4. The predicted molar refractivity (Wildman–Crippen MR) is 108 cm³/mol. The van der Waals surface area contributed by atoms with Gasteiger partial charge in [-0.3, -0.25) is 14.7 Å². The van der Waals surface area contributed by atoms with E-state index < -0.39 is 0 Å². The van der Waals surface area contributed by atoms with Crippen molar-refractivity contribution < 1.29 is 14.3 Å². The van der Waals surface area contributed by atoms with Gasteiger partial charge in [0.25, 0.3) is 0 Å². The fourth-order valence-electron chi connectivity index (χ4n) is 4.04. The van der Waals surface area contributed by atoms with Gasteiger partial charge in [-0.15, -0.1) is 0 Å². The van der Waals surface area contributed by atoms with Crippen molar-refractivity contribution in [3.05, 3.63) is 53.9 Å². The average molecular weight is 381 g/mol. The molecule has 6 heteroatoms. The normalized spacial score (nSPS) is 22.1. The summed E-state index contributed by atoms with van der Waals surface area (Å²) in [6.45, 7) is 6.97. The third-order valence-corrected chi connectivity index (χ3v) is 5.44. The molecule has 1 aromatic carbocycles. The number of nitrogens with zero attached hydrogens (tertiary/aromatic N) is 3. The number of carbonyl (C=O) groups is 1. The van der Waals surface area contributed by atoms with E-state index in [0.29, 0.717) is 26.3 Å². The van der Waals surface area contributed by atoms with Crippen LogP contribution >= 0.6 is 0 Å². The zero-order valence-electron chi connectivity index (χ0n) is 16.5. The van der Waals surface area contributed by atoms with Crippen LogP contribution < -0.4 is 9.64 Å². The van der Waals surface area contributed by atoms with E-state index >= 15 is 0 Å². The molecule has 28 heavy (non-hydrogen) atoms. The molecule has 0 N–H and O–H groups in total. The third kappa shape index (κ3) is 4.03. The number of pyridine rings is 1. The van der Waals surface area contributed by atoms with Gasteiger partial charge >= 0.3 is 0 Å². The molecule has 0 aliphatic carbocycles. The van der Waals surface area contributed by atoms with E-state index in [0.717, 1.165) is 30.1 Å². The number of ether oxygens (including phenoxy) is 2. The van der Waals surface area contributed by atoms with Crippen LogP contribution in [0.4, 0.5) is 5.69 Å². The lowest BCUT2D eigenvalue weighted by Gasteiger charge is -2.34. The van der Waals surface area contributed by atoms with Crippen LogP contribution in [-0.4, -0.2) is 60.8 Å². The molecular formula is C22H27N3O3. The summed E-state index contributed by atoms with van der Waals surface area (Å²) >= 11 is 0. The van der Waals surface area contributed by atoms with Crippen LogP contribution in [0, 0.1) is 6.92 Å². The van der Waals surface area contributed by atoms with Crippen LogP contribution in [-0.2, 0) is 16.0 Å². The number of fused-ring (bicyclic) bond motifs is 1. The molecule has 0 unspecified atom stereocenters. The van der Waals surface area contributed by atoms with Crippen molar-refractivity contribution in [2.75, 3.05) is 37.7 Å². The van der Waals surface area contributed by atoms with Crippen molar-refractivity contribution in [2.24, 2.45) is 0 Å². The molecule has 0 spiro atoms. The molecule has 2 aliphatic rings. The smallest absolute Gasteiger partial charge is 0.241 e. The second kappa shape index (κ2) is 8.29. The molecule has 148 valence electrons. The van der Waals surface area contributed by atoms with Gasteiger partial charge in [0, 0.05) is 31.0 Å². The number of aryl methyl sites for hydroxylation is 1. The highest BCUT2D eigenvalue weighted by Crippen LogP contribution is 2.32. The fourth-order valence-corrected chi connectivity index (χ4v) is 4.04. The second-order valence-electron chi connectivity index (χ2n) is 7.57. The number of anilines is 1. The number of amides is 1. The molecule has 2 aromatic rings. The first-order valence-corrected chi connectivity index (χ1v) is 9.90. The van der Waals surface area contributed by atoms with E-state index in [-0.39, 0.29) is 18.1 Å². The molecule has 1 aromatic heterocycles. The van der Waals surface area contributed by atoms with E-state index in [2.05, 4.69) is 22.9 Å². The van der Waals surface area contributed by atoms with Crippen LogP contribution in [0.1, 0.15) is 18.2 Å². The van der Waals surface area contributed by atoms with Crippen molar-refractivity contribution in [2.45, 2.75) is 32.4 Å². The van der Waals surface area contributed by atoms with Gasteiger partial charge in [-0.25, -0.2) is 0 Å². The zero-order chi connectivity index (χ0) is 19.5. The second-order valence-corrected chi connectivity index (χ2v) is 7.57. The van der Waals surface area contributed by atoms with Crippen LogP contribution in [0.3, 0.4) is 0 Å². The van der Waals surface area contributed by atoms with Crippen molar-refractivity contribution in [1.82, 2.24) is 9.88 Å². The minimum absolute atomic E-state index is 0.0514. The molecule has 0 bridgehead atoms. The summed E-state index contributed by atoms with van der Waals surface area (Å²) in [6, 6.07) is 12.2. The summed E-state index contributed by atoms with van der Waals surface area (Å²) in [5, 5.41) is 0. The van der Waals surface area contributed by atoms with Crippen molar-refractivity contribution in [1.29, 1.82) is 0 Å². The Morgan fingerprint density at radius 3 is 3.00 bits per heavy atom. The first-order valence-electron chi connectivity index (χ1n) is 9.90. The van der Waals surface area contributed by atoms with E-state index in [1.54, 1.807) is 6.20 Å². The molecule has 0 saturated carbocycles. The Morgan fingerprint density at radius 2 is 2.14 bits per heavy atom. The number of benzene rings is 1. The molecule has 0 radical (unpaired) electrons. The molecular weight excluding hydrogens is 354 g/mol. The minimum Gasteiger partial charge on any atom is -0.489 e. The number of rotatable bonds is 5. The summed E-state index contributed by atoms with van der Waals surface area (Å²) in [7, 11) is 0.